The number of rotatable bonds is 1. The Morgan fingerprint density at radius 2 is 1.64 bits per heavy atom. The van der Waals surface area contributed by atoms with Gasteiger partial charge < -0.3 is 43.3 Å². The summed E-state index contributed by atoms with van der Waals surface area (Å²) in [5.41, 5.74) is 5.26. The van der Waals surface area contributed by atoms with Crippen molar-refractivity contribution < 1.29 is 67.1 Å². The molecular weight excluding hydrogens is 225 g/mol. The maximum absolute atomic E-state index is 9.20. The molecule has 0 radical (unpaired) electrons. The molecule has 0 aliphatic carbocycles. The summed E-state index contributed by atoms with van der Waals surface area (Å²) >= 11 is 0. The van der Waals surface area contributed by atoms with Crippen LogP contribution in [0.5, 0.6) is 0 Å². The van der Waals surface area contributed by atoms with Gasteiger partial charge in [0.2, 0.25) is 0 Å². The van der Waals surface area contributed by atoms with Gasteiger partial charge in [0, 0.05) is 0 Å². The van der Waals surface area contributed by atoms with Crippen molar-refractivity contribution in [3.8, 4) is 0 Å². The molecule has 6 nitrogen and oxygen atoms in total. The molecule has 0 aromatic carbocycles. The molecule has 1 aliphatic rings. The van der Waals surface area contributed by atoms with Crippen LogP contribution in [0.15, 0.2) is 0 Å². The zero-order valence-electron chi connectivity index (χ0n) is 7.75. The van der Waals surface area contributed by atoms with Crippen molar-refractivity contribution in [1.82, 2.24) is 0 Å². The first-order valence-electron chi connectivity index (χ1n) is 3.64. The van der Waals surface area contributed by atoms with Crippen molar-refractivity contribution in [1.29, 1.82) is 0 Å². The Kier molecular flexibility index (Phi) is 9.15. The van der Waals surface area contributed by atoms with E-state index in [0.717, 1.165) is 0 Å². The van der Waals surface area contributed by atoms with Crippen LogP contribution in [-0.2, 0) is 4.74 Å². The molecule has 80 valence electrons. The van der Waals surface area contributed by atoms with Crippen LogP contribution in [-0.4, -0.2) is 57.7 Å². The first kappa shape index (κ1) is 17.4. The van der Waals surface area contributed by atoms with Gasteiger partial charge in [0.25, 0.3) is 0 Å². The second-order valence-electron chi connectivity index (χ2n) is 2.81. The van der Waals surface area contributed by atoms with Gasteiger partial charge in [0.1, 0.15) is 18.3 Å². The number of halogens is 1. The van der Waals surface area contributed by atoms with Crippen LogP contribution in [0.3, 0.4) is 0 Å². The summed E-state index contributed by atoms with van der Waals surface area (Å²) in [4.78, 5) is 0. The van der Waals surface area contributed by atoms with Gasteiger partial charge in [0.05, 0.1) is 12.6 Å². The van der Waals surface area contributed by atoms with E-state index >= 15 is 0 Å². The molecule has 0 amide bonds. The second-order valence-corrected chi connectivity index (χ2v) is 2.81. The van der Waals surface area contributed by atoms with E-state index in [1.165, 1.54) is 0 Å². The Hall–Kier alpha value is 1.05. The first-order chi connectivity index (χ1) is 5.57. The smallest absolute Gasteiger partial charge is 1.00 e. The molecule has 0 bridgehead atoms. The van der Waals surface area contributed by atoms with Crippen LogP contribution in [0, 0.1) is 0 Å². The minimum Gasteiger partial charge on any atom is -1.00 e. The molecule has 1 aliphatic heterocycles. The number of aliphatic hydroxyl groups excluding tert-OH is 4. The quantitative estimate of drug-likeness (QED) is 0.289. The second kappa shape index (κ2) is 7.34. The number of nitrogens with two attached hydrogens (primary N) is 1. The minimum atomic E-state index is -1.35. The number of hydrogen-bond acceptors (Lipinski definition) is 6. The van der Waals surface area contributed by atoms with E-state index in [1.54, 1.807) is 0 Å². The van der Waals surface area contributed by atoms with Gasteiger partial charge in [-0.25, -0.2) is 0 Å². The van der Waals surface area contributed by atoms with Crippen LogP contribution in [0.1, 0.15) is 0 Å². The molecule has 0 aromatic heterocycles. The molecule has 1 rings (SSSR count). The predicted octanol–water partition coefficient (Wildman–Crippen LogP) is -9.25. The fourth-order valence-electron chi connectivity index (χ4n) is 1.12. The van der Waals surface area contributed by atoms with Gasteiger partial charge in [-0.15, -0.1) is 0 Å². The fourth-order valence-corrected chi connectivity index (χ4v) is 1.12. The summed E-state index contributed by atoms with van der Waals surface area (Å²) in [7, 11) is 0. The SMILES string of the molecule is N[C@H]1C(O)O[C@H](CO)[C@@H](O)[C@@H]1O.[Cl-].[Na+]. The molecule has 1 fully saturated rings. The zero-order valence-corrected chi connectivity index (χ0v) is 10.5. The summed E-state index contributed by atoms with van der Waals surface area (Å²) in [6.45, 7) is -0.470. The molecule has 0 aromatic rings. The van der Waals surface area contributed by atoms with Crippen molar-refractivity contribution in [2.24, 2.45) is 5.73 Å². The van der Waals surface area contributed by atoms with E-state index in [1.807, 2.05) is 0 Å². The third-order valence-corrected chi connectivity index (χ3v) is 1.95. The topological polar surface area (TPSA) is 116 Å². The van der Waals surface area contributed by atoms with Gasteiger partial charge in [-0.2, -0.15) is 0 Å². The molecule has 0 saturated carbocycles. The van der Waals surface area contributed by atoms with E-state index in [2.05, 4.69) is 0 Å². The average molecular weight is 238 g/mol. The fraction of sp³-hybridized carbons (Fsp3) is 1.00. The summed E-state index contributed by atoms with van der Waals surface area (Å²) in [5.74, 6) is 0. The van der Waals surface area contributed by atoms with Gasteiger partial charge in [0.15, 0.2) is 6.29 Å². The summed E-state index contributed by atoms with van der Waals surface area (Å²) in [5, 5.41) is 36.1. The maximum Gasteiger partial charge on any atom is 1.00 e. The van der Waals surface area contributed by atoms with Crippen LogP contribution in [0.4, 0.5) is 0 Å². The Bertz CT molecular complexity index is 160. The minimum absolute atomic E-state index is 0. The van der Waals surface area contributed by atoms with Crippen molar-refractivity contribution in [3.05, 3.63) is 0 Å². The van der Waals surface area contributed by atoms with Crippen molar-refractivity contribution in [3.63, 3.8) is 0 Å². The largest absolute Gasteiger partial charge is 1.00 e. The molecule has 1 unspecified atom stereocenters. The van der Waals surface area contributed by atoms with Gasteiger partial charge in [-0.3, -0.25) is 0 Å². The summed E-state index contributed by atoms with van der Waals surface area (Å²) in [6.07, 6.45) is -4.85. The van der Waals surface area contributed by atoms with Crippen molar-refractivity contribution in [2.45, 2.75) is 30.6 Å². The molecule has 14 heavy (non-hydrogen) atoms. The monoisotopic (exact) mass is 237 g/mol. The maximum atomic E-state index is 9.20. The Balaban J connectivity index is 0. The van der Waals surface area contributed by atoms with Crippen molar-refractivity contribution >= 4 is 0 Å². The van der Waals surface area contributed by atoms with E-state index in [4.69, 9.17) is 20.7 Å². The Morgan fingerprint density at radius 1 is 1.14 bits per heavy atom. The third-order valence-electron chi connectivity index (χ3n) is 1.95. The molecule has 6 N–H and O–H groups in total. The molecular formula is C6H13ClNNaO5. The van der Waals surface area contributed by atoms with Gasteiger partial charge in [-0.05, 0) is 0 Å². The molecule has 0 spiro atoms. The molecule has 1 saturated heterocycles. The van der Waals surface area contributed by atoms with E-state index in [0.29, 0.717) is 0 Å². The average Bonchev–Trinajstić information content (AvgIpc) is 2.08. The van der Waals surface area contributed by atoms with Crippen LogP contribution < -0.4 is 47.7 Å². The van der Waals surface area contributed by atoms with E-state index in [9.17, 15) is 10.2 Å². The number of ether oxygens (including phenoxy) is 1. The number of aliphatic hydroxyl groups is 4. The van der Waals surface area contributed by atoms with Crippen LogP contribution in [0.25, 0.3) is 0 Å². The van der Waals surface area contributed by atoms with Crippen LogP contribution >= 0.6 is 0 Å². The number of hydrogen-bond donors (Lipinski definition) is 5. The third kappa shape index (κ3) is 3.57. The molecule has 8 heteroatoms. The van der Waals surface area contributed by atoms with Crippen LogP contribution in [0.2, 0.25) is 0 Å². The summed E-state index contributed by atoms with van der Waals surface area (Å²) in [6, 6.07) is -1.04. The standard InChI is InChI=1S/C6H13NO5.ClH.Na/c7-3-5(10)4(9)2(1-8)12-6(3)11;;/h2-6,8-11H,1,7H2;1H;/q;;+1/p-1/t2-,3-,4-,5-,6?;;/m1../s1. The van der Waals surface area contributed by atoms with E-state index in [-0.39, 0.29) is 42.0 Å². The Labute approximate surface area is 110 Å². The molecule has 1 heterocycles. The molecule has 5 atom stereocenters. The first-order valence-corrected chi connectivity index (χ1v) is 3.64. The summed E-state index contributed by atoms with van der Waals surface area (Å²) < 4.78 is 4.70. The van der Waals surface area contributed by atoms with Gasteiger partial charge >= 0.3 is 29.6 Å². The predicted molar refractivity (Wildman–Crippen MR) is 38.0 cm³/mol. The Morgan fingerprint density at radius 3 is 2.07 bits per heavy atom. The van der Waals surface area contributed by atoms with E-state index < -0.39 is 37.3 Å². The normalized spacial score (nSPS) is 42.2. The van der Waals surface area contributed by atoms with Crippen molar-refractivity contribution in [2.75, 3.05) is 6.61 Å². The van der Waals surface area contributed by atoms with Gasteiger partial charge in [-0.1, -0.05) is 0 Å². The zero-order chi connectivity index (χ0) is 9.30.